The van der Waals surface area contributed by atoms with Gasteiger partial charge in [-0.25, -0.2) is 9.97 Å². The van der Waals surface area contributed by atoms with Crippen LogP contribution in [0, 0.1) is 0 Å². The Kier molecular flexibility index (Phi) is 5.28. The summed E-state index contributed by atoms with van der Waals surface area (Å²) >= 11 is 1.55. The van der Waals surface area contributed by atoms with E-state index in [1.54, 1.807) is 11.8 Å². The zero-order chi connectivity index (χ0) is 22.9. The molecule has 2 heterocycles. The summed E-state index contributed by atoms with van der Waals surface area (Å²) in [5.74, 6) is 0.896. The van der Waals surface area contributed by atoms with E-state index in [0.717, 1.165) is 39.4 Å². The van der Waals surface area contributed by atoms with Gasteiger partial charge >= 0.3 is 0 Å². The second-order valence-corrected chi connectivity index (χ2v) is 9.43. The van der Waals surface area contributed by atoms with Gasteiger partial charge in [-0.2, -0.15) is 0 Å². The van der Waals surface area contributed by atoms with Gasteiger partial charge in [0.25, 0.3) is 0 Å². The van der Waals surface area contributed by atoms with Gasteiger partial charge in [0, 0.05) is 11.1 Å². The highest BCUT2D eigenvalue weighted by Gasteiger charge is 2.18. The molecule has 0 aliphatic rings. The first-order chi connectivity index (χ1) is 16.7. The number of thioether (sulfide) groups is 1. The largest absolute Gasteiger partial charge is 0.341 e. The van der Waals surface area contributed by atoms with Crippen LogP contribution in [-0.2, 0) is 0 Å². The molecule has 0 saturated heterocycles. The molecule has 0 fully saturated rings. The first-order valence-corrected chi connectivity index (χ1v) is 12.0. The fraction of sp³-hybridized carbons (Fsp3) is 0.0714. The highest BCUT2D eigenvalue weighted by molar-refractivity contribution is 7.99. The van der Waals surface area contributed by atoms with E-state index in [1.165, 1.54) is 10.8 Å². The summed E-state index contributed by atoms with van der Waals surface area (Å²) in [5, 5.41) is 12.1. The summed E-state index contributed by atoms with van der Waals surface area (Å²) < 4.78 is 0. The van der Waals surface area contributed by atoms with Gasteiger partial charge < -0.3 is 4.98 Å². The Hall–Kier alpha value is -4.03. The molecule has 1 unspecified atom stereocenters. The number of nitrogens with one attached hydrogen (secondary N) is 1. The Bertz CT molecular complexity index is 1540. The van der Waals surface area contributed by atoms with Crippen molar-refractivity contribution < 1.29 is 0 Å². The number of imidazole rings is 1. The van der Waals surface area contributed by atoms with E-state index < -0.39 is 0 Å². The van der Waals surface area contributed by atoms with Gasteiger partial charge in [0.15, 0.2) is 0 Å². The lowest BCUT2D eigenvalue weighted by Crippen LogP contribution is -2.01. The highest BCUT2D eigenvalue weighted by atomic mass is 32.2. The third kappa shape index (κ3) is 3.93. The summed E-state index contributed by atoms with van der Waals surface area (Å²) in [4.78, 5) is 13.3. The average Bonchev–Trinajstić information content (AvgIpc) is 3.31. The van der Waals surface area contributed by atoms with Crippen molar-refractivity contribution in [3.05, 3.63) is 103 Å². The molecular weight excluding hydrogens is 438 g/mol. The van der Waals surface area contributed by atoms with Crippen LogP contribution in [0.2, 0.25) is 0 Å². The van der Waals surface area contributed by atoms with Crippen LogP contribution >= 0.6 is 11.8 Å². The van der Waals surface area contributed by atoms with Crippen molar-refractivity contribution in [1.29, 1.82) is 0 Å². The second kappa shape index (κ2) is 8.72. The highest BCUT2D eigenvalue weighted by Crippen LogP contribution is 2.35. The fourth-order valence-electron chi connectivity index (χ4n) is 4.07. The van der Waals surface area contributed by atoms with Crippen LogP contribution in [0.25, 0.3) is 44.3 Å². The minimum absolute atomic E-state index is 0.0310. The van der Waals surface area contributed by atoms with Crippen molar-refractivity contribution in [1.82, 2.24) is 25.1 Å². The summed E-state index contributed by atoms with van der Waals surface area (Å²) in [6.45, 7) is 2.11. The Morgan fingerprint density at radius 1 is 0.676 bits per heavy atom. The molecule has 5 nitrogen and oxygen atoms in total. The van der Waals surface area contributed by atoms with Crippen LogP contribution in [0.1, 0.15) is 18.0 Å². The van der Waals surface area contributed by atoms with E-state index >= 15 is 0 Å². The quantitative estimate of drug-likeness (QED) is 0.279. The maximum Gasteiger partial charge on any atom is 0.210 e. The molecule has 1 atom stereocenters. The second-order valence-electron chi connectivity index (χ2n) is 8.12. The monoisotopic (exact) mass is 459 g/mol. The number of hydrogen-bond acceptors (Lipinski definition) is 5. The van der Waals surface area contributed by atoms with E-state index in [-0.39, 0.29) is 5.25 Å². The van der Waals surface area contributed by atoms with Gasteiger partial charge in [0.1, 0.15) is 17.2 Å². The molecule has 6 heteroatoms. The van der Waals surface area contributed by atoms with Crippen LogP contribution in [0.5, 0.6) is 0 Å². The summed E-state index contributed by atoms with van der Waals surface area (Å²) in [6, 6.07) is 32.8. The molecular formula is C28H21N5S. The third-order valence-corrected chi connectivity index (χ3v) is 6.76. The van der Waals surface area contributed by atoms with Crippen LogP contribution in [-0.4, -0.2) is 25.1 Å². The number of aromatic nitrogens is 5. The van der Waals surface area contributed by atoms with Gasteiger partial charge in [-0.15, -0.1) is 10.2 Å². The first-order valence-electron chi connectivity index (χ1n) is 11.2. The number of fused-ring (bicyclic) bond motifs is 2. The lowest BCUT2D eigenvalue weighted by molar-refractivity contribution is 0.840. The summed E-state index contributed by atoms with van der Waals surface area (Å²) in [5.41, 5.74) is 5.61. The van der Waals surface area contributed by atoms with E-state index in [2.05, 4.69) is 64.6 Å². The maximum atomic E-state index is 4.93. The molecule has 2 aromatic heterocycles. The first kappa shape index (κ1) is 20.6. The van der Waals surface area contributed by atoms with E-state index in [1.807, 2.05) is 54.6 Å². The van der Waals surface area contributed by atoms with Gasteiger partial charge in [-0.05, 0) is 29.8 Å². The molecule has 6 aromatic rings. The Labute approximate surface area is 201 Å². The van der Waals surface area contributed by atoms with Gasteiger partial charge in [-0.1, -0.05) is 96.7 Å². The maximum absolute atomic E-state index is 4.93. The average molecular weight is 460 g/mol. The molecule has 164 valence electrons. The Balaban J connectivity index is 1.35. The van der Waals surface area contributed by atoms with Crippen molar-refractivity contribution in [2.75, 3.05) is 0 Å². The molecule has 0 spiro atoms. The summed E-state index contributed by atoms with van der Waals surface area (Å²) in [7, 11) is 0. The predicted molar refractivity (Wildman–Crippen MR) is 139 cm³/mol. The van der Waals surface area contributed by atoms with Crippen molar-refractivity contribution in [3.63, 3.8) is 0 Å². The lowest BCUT2D eigenvalue weighted by Gasteiger charge is -2.11. The molecule has 0 saturated carbocycles. The van der Waals surface area contributed by atoms with Gasteiger partial charge in [0.2, 0.25) is 5.16 Å². The van der Waals surface area contributed by atoms with E-state index in [9.17, 15) is 0 Å². The van der Waals surface area contributed by atoms with E-state index in [4.69, 9.17) is 9.97 Å². The fourth-order valence-corrected chi connectivity index (χ4v) is 4.84. The van der Waals surface area contributed by atoms with Gasteiger partial charge in [-0.3, -0.25) is 0 Å². The minimum Gasteiger partial charge on any atom is -0.341 e. The van der Waals surface area contributed by atoms with Crippen LogP contribution in [0.15, 0.2) is 102 Å². The van der Waals surface area contributed by atoms with Crippen LogP contribution in [0.4, 0.5) is 0 Å². The number of rotatable bonds is 5. The number of aromatic amines is 1. The Morgan fingerprint density at radius 3 is 2.00 bits per heavy atom. The molecule has 0 aliphatic heterocycles. The third-order valence-electron chi connectivity index (χ3n) is 5.80. The molecule has 6 rings (SSSR count). The Morgan fingerprint density at radius 2 is 1.29 bits per heavy atom. The standard InChI is InChI=1S/C28H21N5S/c1-18(27-29-23-16-21-14-8-9-15-22(21)17-24(23)30-27)34-28-31-25(19-10-4-2-5-11-19)26(32-33-28)20-12-6-3-7-13-20/h2-18H,1H3,(H,29,30). The number of hydrogen-bond donors (Lipinski definition) is 1. The normalized spacial score (nSPS) is 12.3. The van der Waals surface area contributed by atoms with Crippen LogP contribution < -0.4 is 0 Å². The molecule has 4 aromatic carbocycles. The van der Waals surface area contributed by atoms with Crippen molar-refractivity contribution in [2.24, 2.45) is 0 Å². The number of nitrogens with zero attached hydrogens (tertiary/aromatic N) is 4. The van der Waals surface area contributed by atoms with Crippen molar-refractivity contribution in [3.8, 4) is 22.5 Å². The lowest BCUT2D eigenvalue weighted by atomic mass is 10.0. The van der Waals surface area contributed by atoms with E-state index in [0.29, 0.717) is 5.16 Å². The molecule has 0 radical (unpaired) electrons. The van der Waals surface area contributed by atoms with Crippen molar-refractivity contribution in [2.45, 2.75) is 17.3 Å². The number of H-pyrrole nitrogens is 1. The zero-order valence-corrected chi connectivity index (χ0v) is 19.3. The topological polar surface area (TPSA) is 67.3 Å². The number of benzene rings is 4. The van der Waals surface area contributed by atoms with Gasteiger partial charge in [0.05, 0.1) is 16.3 Å². The zero-order valence-electron chi connectivity index (χ0n) is 18.5. The molecule has 1 N–H and O–H groups in total. The minimum atomic E-state index is 0.0310. The molecule has 0 bridgehead atoms. The van der Waals surface area contributed by atoms with Crippen LogP contribution in [0.3, 0.4) is 0 Å². The molecule has 0 amide bonds. The predicted octanol–water partition coefficient (Wildman–Crippen LogP) is 7.09. The SMILES string of the molecule is CC(Sc1nnc(-c2ccccc2)c(-c2ccccc2)n1)c1nc2cc3ccccc3cc2[nH]1. The molecule has 0 aliphatic carbocycles. The summed E-state index contributed by atoms with van der Waals surface area (Å²) in [6.07, 6.45) is 0. The van der Waals surface area contributed by atoms with Crippen molar-refractivity contribution >= 4 is 33.6 Å². The smallest absolute Gasteiger partial charge is 0.210 e. The molecule has 34 heavy (non-hydrogen) atoms.